The van der Waals surface area contributed by atoms with E-state index in [2.05, 4.69) is 21.2 Å². The van der Waals surface area contributed by atoms with Gasteiger partial charge in [0.2, 0.25) is 0 Å². The monoisotopic (exact) mass is 449 g/mol. The number of hydrogen-bond acceptors (Lipinski definition) is 3. The average molecular weight is 451 g/mol. The molecule has 0 fully saturated rings. The van der Waals surface area contributed by atoms with E-state index < -0.39 is 0 Å². The molecule has 0 radical (unpaired) electrons. The second-order valence-electron chi connectivity index (χ2n) is 5.88. The number of benzene rings is 3. The zero-order valence-electron chi connectivity index (χ0n) is 14.6. The van der Waals surface area contributed by atoms with Crippen LogP contribution in [0.3, 0.4) is 0 Å². The van der Waals surface area contributed by atoms with Gasteiger partial charge < -0.3 is 14.8 Å². The molecule has 0 aliphatic carbocycles. The Bertz CT molecular complexity index is 901. The van der Waals surface area contributed by atoms with Gasteiger partial charge in [0, 0.05) is 17.3 Å². The fourth-order valence-corrected chi connectivity index (χ4v) is 3.25. The fourth-order valence-electron chi connectivity index (χ4n) is 2.52. The second-order valence-corrected chi connectivity index (χ2v) is 7.18. The maximum absolute atomic E-state index is 13.0. The lowest BCUT2D eigenvalue weighted by Crippen LogP contribution is -2.02. The molecule has 0 saturated heterocycles. The smallest absolute Gasteiger partial charge is 0.175 e. The standard InChI is InChI=1S/C21H18BrClFNO2/c1-26-20-11-15(12-25-18-8-4-16(23)5-9-18)10-19(22)21(20)27-13-14-2-6-17(24)7-3-14/h2-11,25H,12-13H2,1H3. The maximum atomic E-state index is 13.0. The summed E-state index contributed by atoms with van der Waals surface area (Å²) in [5.74, 6) is 0.964. The highest BCUT2D eigenvalue weighted by Crippen LogP contribution is 2.37. The molecule has 3 aromatic rings. The zero-order valence-corrected chi connectivity index (χ0v) is 17.0. The molecule has 0 atom stereocenters. The molecule has 6 heteroatoms. The van der Waals surface area contributed by atoms with E-state index in [1.807, 2.05) is 36.4 Å². The number of halogens is 3. The van der Waals surface area contributed by atoms with Crippen LogP contribution in [0.5, 0.6) is 11.5 Å². The largest absolute Gasteiger partial charge is 0.493 e. The van der Waals surface area contributed by atoms with Gasteiger partial charge >= 0.3 is 0 Å². The van der Waals surface area contributed by atoms with E-state index in [1.54, 1.807) is 19.2 Å². The molecule has 0 spiro atoms. The predicted octanol–water partition coefficient (Wildman–Crippen LogP) is 6.44. The van der Waals surface area contributed by atoms with Gasteiger partial charge in [-0.1, -0.05) is 23.7 Å². The van der Waals surface area contributed by atoms with E-state index in [0.717, 1.165) is 21.3 Å². The summed E-state index contributed by atoms with van der Waals surface area (Å²) in [4.78, 5) is 0. The second kappa shape index (κ2) is 9.11. The third-order valence-electron chi connectivity index (χ3n) is 3.93. The van der Waals surface area contributed by atoms with Crippen molar-refractivity contribution in [2.75, 3.05) is 12.4 Å². The molecule has 0 heterocycles. The molecular weight excluding hydrogens is 433 g/mol. The molecule has 3 aromatic carbocycles. The van der Waals surface area contributed by atoms with Crippen molar-refractivity contribution in [3.63, 3.8) is 0 Å². The average Bonchev–Trinajstić information content (AvgIpc) is 2.67. The summed E-state index contributed by atoms with van der Waals surface area (Å²) in [6.07, 6.45) is 0. The molecule has 0 bridgehead atoms. The van der Waals surface area contributed by atoms with Crippen LogP contribution in [-0.2, 0) is 13.2 Å². The first-order valence-corrected chi connectivity index (χ1v) is 9.45. The predicted molar refractivity (Wildman–Crippen MR) is 110 cm³/mol. The lowest BCUT2D eigenvalue weighted by molar-refractivity contribution is 0.282. The molecule has 0 amide bonds. The number of hydrogen-bond donors (Lipinski definition) is 1. The number of anilines is 1. The Balaban J connectivity index is 1.70. The number of ether oxygens (including phenoxy) is 2. The van der Waals surface area contributed by atoms with Crippen LogP contribution in [0.4, 0.5) is 10.1 Å². The van der Waals surface area contributed by atoms with Crippen LogP contribution < -0.4 is 14.8 Å². The number of rotatable bonds is 7. The maximum Gasteiger partial charge on any atom is 0.175 e. The minimum Gasteiger partial charge on any atom is -0.493 e. The van der Waals surface area contributed by atoms with Crippen LogP contribution in [0.15, 0.2) is 65.1 Å². The van der Waals surface area contributed by atoms with Crippen LogP contribution >= 0.6 is 27.5 Å². The topological polar surface area (TPSA) is 30.5 Å². The van der Waals surface area contributed by atoms with E-state index in [0.29, 0.717) is 29.7 Å². The molecular formula is C21H18BrClFNO2. The fraction of sp³-hybridized carbons (Fsp3) is 0.143. The van der Waals surface area contributed by atoms with Crippen LogP contribution in [0.1, 0.15) is 11.1 Å². The Morgan fingerprint density at radius 3 is 2.37 bits per heavy atom. The zero-order chi connectivity index (χ0) is 19.2. The van der Waals surface area contributed by atoms with Crippen molar-refractivity contribution in [3.05, 3.63) is 87.1 Å². The van der Waals surface area contributed by atoms with Crippen molar-refractivity contribution in [2.24, 2.45) is 0 Å². The summed E-state index contributed by atoms with van der Waals surface area (Å²) >= 11 is 9.45. The molecule has 0 aliphatic rings. The van der Waals surface area contributed by atoms with Crippen LogP contribution in [0.2, 0.25) is 5.02 Å². The molecule has 0 aliphatic heterocycles. The van der Waals surface area contributed by atoms with Gasteiger partial charge in [-0.05, 0) is 75.6 Å². The SMILES string of the molecule is COc1cc(CNc2ccc(Cl)cc2)cc(Br)c1OCc1ccc(F)cc1. The van der Waals surface area contributed by atoms with E-state index in [9.17, 15) is 4.39 Å². The summed E-state index contributed by atoms with van der Waals surface area (Å²) in [7, 11) is 1.60. The Kier molecular flexibility index (Phi) is 6.58. The van der Waals surface area contributed by atoms with Gasteiger partial charge in [0.15, 0.2) is 11.5 Å². The van der Waals surface area contributed by atoms with Gasteiger partial charge in [0.05, 0.1) is 11.6 Å². The summed E-state index contributed by atoms with van der Waals surface area (Å²) in [6.45, 7) is 0.937. The van der Waals surface area contributed by atoms with Crippen LogP contribution in [0, 0.1) is 5.82 Å². The molecule has 1 N–H and O–H groups in total. The van der Waals surface area contributed by atoms with Crippen LogP contribution in [-0.4, -0.2) is 7.11 Å². The van der Waals surface area contributed by atoms with E-state index >= 15 is 0 Å². The molecule has 0 saturated carbocycles. The van der Waals surface area contributed by atoms with E-state index in [1.165, 1.54) is 12.1 Å². The highest BCUT2D eigenvalue weighted by atomic mass is 79.9. The number of methoxy groups -OCH3 is 1. The molecule has 27 heavy (non-hydrogen) atoms. The van der Waals surface area contributed by atoms with Gasteiger partial charge in [-0.15, -0.1) is 0 Å². The Morgan fingerprint density at radius 2 is 1.70 bits per heavy atom. The van der Waals surface area contributed by atoms with Crippen molar-refractivity contribution in [2.45, 2.75) is 13.2 Å². The molecule has 0 unspecified atom stereocenters. The third kappa shape index (κ3) is 5.37. The summed E-state index contributed by atoms with van der Waals surface area (Å²) in [6, 6.07) is 17.6. The highest BCUT2D eigenvalue weighted by Gasteiger charge is 2.12. The first kappa shape index (κ1) is 19.5. The third-order valence-corrected chi connectivity index (χ3v) is 4.77. The van der Waals surface area contributed by atoms with Crippen molar-refractivity contribution in [3.8, 4) is 11.5 Å². The van der Waals surface area contributed by atoms with Gasteiger partial charge in [0.1, 0.15) is 12.4 Å². The molecule has 3 rings (SSSR count). The van der Waals surface area contributed by atoms with Gasteiger partial charge in [-0.3, -0.25) is 0 Å². The van der Waals surface area contributed by atoms with Crippen LogP contribution in [0.25, 0.3) is 0 Å². The minimum atomic E-state index is -0.268. The first-order chi connectivity index (χ1) is 13.0. The van der Waals surface area contributed by atoms with Gasteiger partial charge in [-0.2, -0.15) is 0 Å². The normalized spacial score (nSPS) is 10.5. The molecule has 140 valence electrons. The Labute approximate surface area is 171 Å². The lowest BCUT2D eigenvalue weighted by Gasteiger charge is -2.15. The quantitative estimate of drug-likeness (QED) is 0.449. The van der Waals surface area contributed by atoms with E-state index in [-0.39, 0.29) is 5.82 Å². The highest BCUT2D eigenvalue weighted by molar-refractivity contribution is 9.10. The van der Waals surface area contributed by atoms with E-state index in [4.69, 9.17) is 21.1 Å². The van der Waals surface area contributed by atoms with Gasteiger partial charge in [0.25, 0.3) is 0 Å². The van der Waals surface area contributed by atoms with Gasteiger partial charge in [-0.25, -0.2) is 4.39 Å². The number of nitrogens with one attached hydrogen (secondary N) is 1. The lowest BCUT2D eigenvalue weighted by atomic mass is 10.2. The minimum absolute atomic E-state index is 0.268. The Morgan fingerprint density at radius 1 is 1.00 bits per heavy atom. The summed E-state index contributed by atoms with van der Waals surface area (Å²) in [5, 5.41) is 4.04. The molecule has 3 nitrogen and oxygen atoms in total. The van der Waals surface area contributed by atoms with Crippen molar-refractivity contribution >= 4 is 33.2 Å². The Hall–Kier alpha value is -2.24. The summed E-state index contributed by atoms with van der Waals surface area (Å²) < 4.78 is 25.2. The first-order valence-electron chi connectivity index (χ1n) is 8.28. The summed E-state index contributed by atoms with van der Waals surface area (Å²) in [5.41, 5.74) is 2.88. The van der Waals surface area contributed by atoms with Crippen molar-refractivity contribution in [1.82, 2.24) is 0 Å². The molecule has 0 aromatic heterocycles. The van der Waals surface area contributed by atoms with Crippen molar-refractivity contribution in [1.29, 1.82) is 0 Å². The van der Waals surface area contributed by atoms with Crippen molar-refractivity contribution < 1.29 is 13.9 Å².